The van der Waals surface area contributed by atoms with Crippen LogP contribution in [-0.2, 0) is 0 Å². The van der Waals surface area contributed by atoms with Gasteiger partial charge in [0.05, 0.1) is 26.8 Å². The van der Waals surface area contributed by atoms with Gasteiger partial charge in [-0.05, 0) is 5.92 Å². The van der Waals surface area contributed by atoms with Crippen LogP contribution in [0.4, 0.5) is 11.4 Å². The SMILES string of the molecule is CC(C)C(O)CNc1c(Cl)cc([N+](=O)[O-])cc1Cl. The largest absolute Gasteiger partial charge is 0.391 e. The van der Waals surface area contributed by atoms with Gasteiger partial charge in [-0.1, -0.05) is 37.0 Å². The smallest absolute Gasteiger partial charge is 0.272 e. The Balaban J connectivity index is 2.87. The maximum absolute atomic E-state index is 10.6. The number of aliphatic hydroxyl groups is 1. The fourth-order valence-corrected chi connectivity index (χ4v) is 1.89. The van der Waals surface area contributed by atoms with E-state index in [4.69, 9.17) is 23.2 Å². The van der Waals surface area contributed by atoms with Crippen LogP contribution >= 0.6 is 23.2 Å². The summed E-state index contributed by atoms with van der Waals surface area (Å²) in [6, 6.07) is 2.44. The van der Waals surface area contributed by atoms with E-state index in [1.807, 2.05) is 13.8 Å². The van der Waals surface area contributed by atoms with E-state index in [1.165, 1.54) is 12.1 Å². The van der Waals surface area contributed by atoms with Gasteiger partial charge < -0.3 is 10.4 Å². The standard InChI is InChI=1S/C11H14Cl2N2O3/c1-6(2)10(16)5-14-11-8(12)3-7(15(17)18)4-9(11)13/h3-4,6,10,14,16H,5H2,1-2H3. The van der Waals surface area contributed by atoms with Gasteiger partial charge in [0.25, 0.3) is 5.69 Å². The lowest BCUT2D eigenvalue weighted by Crippen LogP contribution is -2.24. The molecule has 0 heterocycles. The summed E-state index contributed by atoms with van der Waals surface area (Å²) < 4.78 is 0. The summed E-state index contributed by atoms with van der Waals surface area (Å²) in [4.78, 5) is 10.0. The molecule has 0 bridgehead atoms. The quantitative estimate of drug-likeness (QED) is 0.645. The molecule has 1 aromatic carbocycles. The molecule has 18 heavy (non-hydrogen) atoms. The molecule has 0 aliphatic rings. The maximum Gasteiger partial charge on any atom is 0.272 e. The number of hydrogen-bond acceptors (Lipinski definition) is 4. The number of aliphatic hydroxyl groups excluding tert-OH is 1. The topological polar surface area (TPSA) is 75.4 Å². The summed E-state index contributed by atoms with van der Waals surface area (Å²) in [6.07, 6.45) is -0.549. The fourth-order valence-electron chi connectivity index (χ4n) is 1.28. The molecule has 0 radical (unpaired) electrons. The van der Waals surface area contributed by atoms with Crippen molar-refractivity contribution in [3.05, 3.63) is 32.3 Å². The Morgan fingerprint density at radius 3 is 2.28 bits per heavy atom. The van der Waals surface area contributed by atoms with Crippen molar-refractivity contribution in [3.8, 4) is 0 Å². The zero-order valence-corrected chi connectivity index (χ0v) is 11.5. The molecule has 0 aliphatic heterocycles. The van der Waals surface area contributed by atoms with E-state index < -0.39 is 11.0 Å². The van der Waals surface area contributed by atoms with E-state index in [9.17, 15) is 15.2 Å². The van der Waals surface area contributed by atoms with Crippen LogP contribution in [0.25, 0.3) is 0 Å². The van der Waals surface area contributed by atoms with Crippen molar-refractivity contribution in [3.63, 3.8) is 0 Å². The van der Waals surface area contributed by atoms with Gasteiger partial charge >= 0.3 is 0 Å². The lowest BCUT2D eigenvalue weighted by molar-refractivity contribution is -0.384. The summed E-state index contributed by atoms with van der Waals surface area (Å²) >= 11 is 11.8. The molecule has 1 atom stereocenters. The molecule has 1 rings (SSSR count). The second-order valence-electron chi connectivity index (χ2n) is 4.23. The zero-order chi connectivity index (χ0) is 13.9. The average molecular weight is 293 g/mol. The lowest BCUT2D eigenvalue weighted by atomic mass is 10.1. The van der Waals surface area contributed by atoms with Crippen LogP contribution in [0.15, 0.2) is 12.1 Å². The number of non-ortho nitro benzene ring substituents is 1. The number of nitro benzene ring substituents is 1. The Morgan fingerprint density at radius 2 is 1.89 bits per heavy atom. The highest BCUT2D eigenvalue weighted by Gasteiger charge is 2.16. The molecule has 0 spiro atoms. The van der Waals surface area contributed by atoms with E-state index in [0.717, 1.165) is 0 Å². The van der Waals surface area contributed by atoms with Gasteiger partial charge in [0.2, 0.25) is 0 Å². The highest BCUT2D eigenvalue weighted by atomic mass is 35.5. The molecule has 0 saturated heterocycles. The number of anilines is 1. The minimum Gasteiger partial charge on any atom is -0.391 e. The van der Waals surface area contributed by atoms with Gasteiger partial charge in [-0.25, -0.2) is 0 Å². The molecule has 0 saturated carbocycles. The van der Waals surface area contributed by atoms with Crippen LogP contribution in [0.5, 0.6) is 0 Å². The molecule has 0 amide bonds. The van der Waals surface area contributed by atoms with Gasteiger partial charge in [0.15, 0.2) is 0 Å². The van der Waals surface area contributed by atoms with Crippen molar-refractivity contribution in [1.82, 2.24) is 0 Å². The first-order chi connectivity index (χ1) is 8.32. The molecule has 1 aromatic rings. The molecular weight excluding hydrogens is 279 g/mol. The van der Waals surface area contributed by atoms with E-state index in [0.29, 0.717) is 5.69 Å². The lowest BCUT2D eigenvalue weighted by Gasteiger charge is -2.17. The van der Waals surface area contributed by atoms with Crippen molar-refractivity contribution < 1.29 is 10.0 Å². The third kappa shape index (κ3) is 3.73. The van der Waals surface area contributed by atoms with Gasteiger partial charge in [-0.15, -0.1) is 0 Å². The summed E-state index contributed by atoms with van der Waals surface area (Å²) in [5.74, 6) is 0.0908. The van der Waals surface area contributed by atoms with Gasteiger partial charge in [-0.3, -0.25) is 10.1 Å². The van der Waals surface area contributed by atoms with Crippen molar-refractivity contribution in [2.45, 2.75) is 20.0 Å². The van der Waals surface area contributed by atoms with Gasteiger partial charge in [0, 0.05) is 18.7 Å². The van der Waals surface area contributed by atoms with Crippen LogP contribution in [0, 0.1) is 16.0 Å². The Labute approximate surface area is 115 Å². The molecule has 100 valence electrons. The second-order valence-corrected chi connectivity index (χ2v) is 5.05. The summed E-state index contributed by atoms with van der Waals surface area (Å²) in [6.45, 7) is 4.03. The van der Waals surface area contributed by atoms with Gasteiger partial charge in [-0.2, -0.15) is 0 Å². The van der Waals surface area contributed by atoms with Crippen LogP contribution < -0.4 is 5.32 Å². The molecule has 0 aromatic heterocycles. The molecule has 0 fully saturated rings. The first-order valence-corrected chi connectivity index (χ1v) is 6.14. The Bertz CT molecular complexity index is 429. The normalized spacial score (nSPS) is 12.6. The first-order valence-electron chi connectivity index (χ1n) is 5.38. The van der Waals surface area contributed by atoms with E-state index in [-0.39, 0.29) is 28.2 Å². The summed E-state index contributed by atoms with van der Waals surface area (Å²) in [5.41, 5.74) is 0.226. The maximum atomic E-state index is 10.6. The minimum atomic E-state index is -0.565. The van der Waals surface area contributed by atoms with Crippen molar-refractivity contribution in [1.29, 1.82) is 0 Å². The fraction of sp³-hybridized carbons (Fsp3) is 0.455. The molecule has 5 nitrogen and oxygen atoms in total. The number of nitrogens with one attached hydrogen (secondary N) is 1. The van der Waals surface area contributed by atoms with Gasteiger partial charge in [0.1, 0.15) is 0 Å². The van der Waals surface area contributed by atoms with Crippen molar-refractivity contribution in [2.24, 2.45) is 5.92 Å². The van der Waals surface area contributed by atoms with E-state index in [2.05, 4.69) is 5.32 Å². The summed E-state index contributed by atoms with van der Waals surface area (Å²) in [7, 11) is 0. The van der Waals surface area contributed by atoms with Crippen LogP contribution in [0.2, 0.25) is 10.0 Å². The van der Waals surface area contributed by atoms with Crippen molar-refractivity contribution >= 4 is 34.6 Å². The molecule has 7 heteroatoms. The third-order valence-electron chi connectivity index (χ3n) is 2.50. The number of benzene rings is 1. The monoisotopic (exact) mass is 292 g/mol. The minimum absolute atomic E-state index is 0.0908. The van der Waals surface area contributed by atoms with E-state index >= 15 is 0 Å². The molecule has 1 unspecified atom stereocenters. The first kappa shape index (κ1) is 15.0. The Hall–Kier alpha value is -1.04. The van der Waals surface area contributed by atoms with E-state index in [1.54, 1.807) is 0 Å². The number of nitrogens with zero attached hydrogens (tertiary/aromatic N) is 1. The Morgan fingerprint density at radius 1 is 1.39 bits per heavy atom. The second kappa shape index (κ2) is 6.22. The third-order valence-corrected chi connectivity index (χ3v) is 3.09. The average Bonchev–Trinajstić information content (AvgIpc) is 2.26. The molecular formula is C11H14Cl2N2O3. The number of hydrogen-bond donors (Lipinski definition) is 2. The van der Waals surface area contributed by atoms with Crippen LogP contribution in [-0.4, -0.2) is 22.7 Å². The number of nitro groups is 1. The highest BCUT2D eigenvalue weighted by molar-refractivity contribution is 6.39. The predicted molar refractivity (Wildman–Crippen MR) is 72.5 cm³/mol. The number of rotatable bonds is 5. The van der Waals surface area contributed by atoms with Crippen molar-refractivity contribution in [2.75, 3.05) is 11.9 Å². The van der Waals surface area contributed by atoms with Crippen LogP contribution in [0.3, 0.4) is 0 Å². The molecule has 2 N–H and O–H groups in total. The Kier molecular flexibility index (Phi) is 5.19. The molecule has 0 aliphatic carbocycles. The highest BCUT2D eigenvalue weighted by Crippen LogP contribution is 2.34. The zero-order valence-electron chi connectivity index (χ0n) is 9.98. The number of halogens is 2. The van der Waals surface area contributed by atoms with Crippen LogP contribution in [0.1, 0.15) is 13.8 Å². The summed E-state index contributed by atoms with van der Waals surface area (Å²) in [5, 5.41) is 23.5. The predicted octanol–water partition coefficient (Wildman–Crippen LogP) is 3.33.